The van der Waals surface area contributed by atoms with Crippen LogP contribution in [-0.2, 0) is 10.0 Å². The number of carboxylic acids is 1. The predicted octanol–water partition coefficient (Wildman–Crippen LogP) is 3.11. The van der Waals surface area contributed by atoms with Crippen molar-refractivity contribution in [2.45, 2.75) is 37.4 Å². The van der Waals surface area contributed by atoms with Crippen molar-refractivity contribution in [3.05, 3.63) is 28.8 Å². The first-order chi connectivity index (χ1) is 9.38. The fraction of sp³-hybridized carbons (Fsp3) is 0.462. The summed E-state index contributed by atoms with van der Waals surface area (Å²) >= 11 is 5.81. The second-order valence-corrected chi connectivity index (χ2v) is 7.34. The van der Waals surface area contributed by atoms with Gasteiger partial charge in [0.25, 0.3) is 0 Å². The van der Waals surface area contributed by atoms with Crippen LogP contribution in [0.4, 0.5) is 5.69 Å². The molecule has 2 N–H and O–H groups in total. The highest BCUT2D eigenvalue weighted by Crippen LogP contribution is 2.26. The first-order valence-corrected chi connectivity index (χ1v) is 8.36. The van der Waals surface area contributed by atoms with Gasteiger partial charge in [-0.1, -0.05) is 30.9 Å². The van der Waals surface area contributed by atoms with E-state index in [9.17, 15) is 13.2 Å². The molecule has 5 nitrogen and oxygen atoms in total. The number of carbonyl (C=O) groups is 1. The summed E-state index contributed by atoms with van der Waals surface area (Å²) in [5.74, 6) is -1.15. The average molecular weight is 318 g/mol. The first kappa shape index (κ1) is 15.1. The Morgan fingerprint density at radius 2 is 1.85 bits per heavy atom. The van der Waals surface area contributed by atoms with E-state index in [1.54, 1.807) is 0 Å². The van der Waals surface area contributed by atoms with Gasteiger partial charge in [0.05, 0.1) is 16.5 Å². The molecule has 7 heteroatoms. The number of carboxylic acid groups (broad SMARTS) is 1. The number of anilines is 1. The molecular weight excluding hydrogens is 302 g/mol. The SMILES string of the molecule is O=C(O)c1cc(Cl)cc(NS(=O)(=O)C2CCCCC2)c1. The van der Waals surface area contributed by atoms with Gasteiger partial charge in [-0.3, -0.25) is 4.72 Å². The lowest BCUT2D eigenvalue weighted by atomic mass is 10.0. The minimum Gasteiger partial charge on any atom is -0.478 e. The van der Waals surface area contributed by atoms with Crippen LogP contribution in [0.3, 0.4) is 0 Å². The van der Waals surface area contributed by atoms with E-state index in [2.05, 4.69) is 4.72 Å². The highest BCUT2D eigenvalue weighted by atomic mass is 35.5. The third-order valence-electron chi connectivity index (χ3n) is 3.40. The Hall–Kier alpha value is -1.27. The number of hydrogen-bond acceptors (Lipinski definition) is 3. The molecule has 1 aromatic carbocycles. The fourth-order valence-corrected chi connectivity index (χ4v) is 4.20. The maximum absolute atomic E-state index is 12.2. The summed E-state index contributed by atoms with van der Waals surface area (Å²) in [5.41, 5.74) is 0.152. The first-order valence-electron chi connectivity index (χ1n) is 6.44. The largest absolute Gasteiger partial charge is 0.478 e. The molecule has 1 aliphatic rings. The molecule has 110 valence electrons. The summed E-state index contributed by atoms with van der Waals surface area (Å²) in [6.07, 6.45) is 4.15. The fourth-order valence-electron chi connectivity index (χ4n) is 2.40. The molecule has 1 aliphatic carbocycles. The molecule has 1 aromatic rings. The standard InChI is InChI=1S/C13H16ClNO4S/c14-10-6-9(13(16)17)7-11(8-10)15-20(18,19)12-4-2-1-3-5-12/h6-8,12,15H,1-5H2,(H,16,17). The van der Waals surface area contributed by atoms with Crippen LogP contribution in [0, 0.1) is 0 Å². The molecule has 2 rings (SSSR count). The quantitative estimate of drug-likeness (QED) is 0.893. The molecule has 0 atom stereocenters. The lowest BCUT2D eigenvalue weighted by Crippen LogP contribution is -2.29. The molecule has 0 amide bonds. The Balaban J connectivity index is 2.22. The van der Waals surface area contributed by atoms with Crippen LogP contribution in [0.15, 0.2) is 18.2 Å². The Morgan fingerprint density at radius 3 is 2.45 bits per heavy atom. The van der Waals surface area contributed by atoms with Gasteiger partial charge in [-0.05, 0) is 31.0 Å². The topological polar surface area (TPSA) is 83.5 Å². The van der Waals surface area contributed by atoms with E-state index in [-0.39, 0.29) is 16.3 Å². The van der Waals surface area contributed by atoms with Crippen LogP contribution in [0.2, 0.25) is 5.02 Å². The molecule has 20 heavy (non-hydrogen) atoms. The van der Waals surface area contributed by atoms with Crippen LogP contribution >= 0.6 is 11.6 Å². The summed E-state index contributed by atoms with van der Waals surface area (Å²) in [6, 6.07) is 3.96. The molecule has 0 radical (unpaired) electrons. The maximum atomic E-state index is 12.2. The summed E-state index contributed by atoms with van der Waals surface area (Å²) in [4.78, 5) is 10.9. The Kier molecular flexibility index (Phi) is 4.55. The number of benzene rings is 1. The van der Waals surface area contributed by atoms with Gasteiger partial charge in [-0.2, -0.15) is 0 Å². The van der Waals surface area contributed by atoms with Crippen molar-refractivity contribution in [2.24, 2.45) is 0 Å². The highest BCUT2D eigenvalue weighted by Gasteiger charge is 2.27. The monoisotopic (exact) mass is 317 g/mol. The molecule has 0 bridgehead atoms. The maximum Gasteiger partial charge on any atom is 0.335 e. The van der Waals surface area contributed by atoms with E-state index in [4.69, 9.17) is 16.7 Å². The normalized spacial score (nSPS) is 16.9. The van der Waals surface area contributed by atoms with E-state index >= 15 is 0 Å². The summed E-state index contributed by atoms with van der Waals surface area (Å²) in [7, 11) is -3.50. The van der Waals surface area contributed by atoms with Crippen LogP contribution < -0.4 is 4.72 Å². The molecule has 1 fully saturated rings. The molecule has 0 unspecified atom stereocenters. The molecule has 0 heterocycles. The summed E-state index contributed by atoms with van der Waals surface area (Å²) < 4.78 is 26.9. The van der Waals surface area contributed by atoms with Gasteiger partial charge in [0.15, 0.2) is 0 Å². The molecule has 0 aliphatic heterocycles. The van der Waals surface area contributed by atoms with Crippen molar-refractivity contribution in [1.29, 1.82) is 0 Å². The second kappa shape index (κ2) is 6.01. The van der Waals surface area contributed by atoms with Crippen molar-refractivity contribution >= 4 is 33.3 Å². The zero-order valence-corrected chi connectivity index (χ0v) is 12.4. The van der Waals surface area contributed by atoms with E-state index in [1.807, 2.05) is 0 Å². The van der Waals surface area contributed by atoms with Gasteiger partial charge in [-0.25, -0.2) is 13.2 Å². The minimum absolute atomic E-state index is 0.0427. The van der Waals surface area contributed by atoms with Crippen molar-refractivity contribution in [3.8, 4) is 0 Å². The van der Waals surface area contributed by atoms with Crippen molar-refractivity contribution in [3.63, 3.8) is 0 Å². The minimum atomic E-state index is -3.50. The van der Waals surface area contributed by atoms with E-state index < -0.39 is 21.2 Å². The summed E-state index contributed by atoms with van der Waals surface area (Å²) in [5, 5.41) is 8.72. The number of rotatable bonds is 4. The van der Waals surface area contributed by atoms with Gasteiger partial charge < -0.3 is 5.11 Å². The van der Waals surface area contributed by atoms with E-state index in [1.165, 1.54) is 18.2 Å². The van der Waals surface area contributed by atoms with Crippen LogP contribution in [0.25, 0.3) is 0 Å². The second-order valence-electron chi connectivity index (χ2n) is 4.94. The molecule has 0 aromatic heterocycles. The number of halogens is 1. The molecular formula is C13H16ClNO4S. The van der Waals surface area contributed by atoms with Gasteiger partial charge in [0, 0.05) is 5.02 Å². The van der Waals surface area contributed by atoms with Crippen LogP contribution in [0.1, 0.15) is 42.5 Å². The van der Waals surface area contributed by atoms with Gasteiger partial charge in [-0.15, -0.1) is 0 Å². The van der Waals surface area contributed by atoms with Gasteiger partial charge in [0.1, 0.15) is 0 Å². The van der Waals surface area contributed by atoms with Gasteiger partial charge in [0.2, 0.25) is 10.0 Å². The molecule has 0 spiro atoms. The zero-order chi connectivity index (χ0) is 14.8. The number of sulfonamides is 1. The third-order valence-corrected chi connectivity index (χ3v) is 5.48. The number of hydrogen-bond donors (Lipinski definition) is 2. The Bertz CT molecular complexity index is 609. The Labute approximate surface area is 123 Å². The number of nitrogens with one attached hydrogen (secondary N) is 1. The lowest BCUT2D eigenvalue weighted by molar-refractivity contribution is 0.0697. The van der Waals surface area contributed by atoms with Crippen molar-refractivity contribution < 1.29 is 18.3 Å². The molecule has 1 saturated carbocycles. The zero-order valence-electron chi connectivity index (χ0n) is 10.8. The van der Waals surface area contributed by atoms with E-state index in [0.717, 1.165) is 19.3 Å². The van der Waals surface area contributed by atoms with Crippen LogP contribution in [0.5, 0.6) is 0 Å². The van der Waals surface area contributed by atoms with Crippen LogP contribution in [-0.4, -0.2) is 24.7 Å². The van der Waals surface area contributed by atoms with Gasteiger partial charge >= 0.3 is 5.97 Å². The molecule has 0 saturated heterocycles. The third kappa shape index (κ3) is 3.64. The highest BCUT2D eigenvalue weighted by molar-refractivity contribution is 7.93. The Morgan fingerprint density at radius 1 is 1.20 bits per heavy atom. The smallest absolute Gasteiger partial charge is 0.335 e. The predicted molar refractivity (Wildman–Crippen MR) is 77.8 cm³/mol. The summed E-state index contributed by atoms with van der Waals surface area (Å²) in [6.45, 7) is 0. The average Bonchev–Trinajstić information content (AvgIpc) is 2.38. The number of aromatic carboxylic acids is 1. The van der Waals surface area contributed by atoms with Crippen molar-refractivity contribution in [1.82, 2.24) is 0 Å². The lowest BCUT2D eigenvalue weighted by Gasteiger charge is -2.22. The van der Waals surface area contributed by atoms with E-state index in [0.29, 0.717) is 12.8 Å². The van der Waals surface area contributed by atoms with Crippen molar-refractivity contribution in [2.75, 3.05) is 4.72 Å².